The highest BCUT2D eigenvalue weighted by Gasteiger charge is 2.15. The van der Waals surface area contributed by atoms with E-state index in [1.807, 2.05) is 19.1 Å². The van der Waals surface area contributed by atoms with Crippen molar-refractivity contribution in [3.8, 4) is 17.2 Å². The zero-order valence-electron chi connectivity index (χ0n) is 17.4. The third-order valence-electron chi connectivity index (χ3n) is 4.51. The van der Waals surface area contributed by atoms with E-state index >= 15 is 0 Å². The van der Waals surface area contributed by atoms with Gasteiger partial charge in [0.15, 0.2) is 11.5 Å². The van der Waals surface area contributed by atoms with Gasteiger partial charge in [-0.3, -0.25) is 0 Å². The van der Waals surface area contributed by atoms with Gasteiger partial charge in [0.05, 0.1) is 27.0 Å². The summed E-state index contributed by atoms with van der Waals surface area (Å²) in [5.74, 6) is 1.41. The van der Waals surface area contributed by atoms with Crippen LogP contribution in [0.3, 0.4) is 0 Å². The van der Waals surface area contributed by atoms with Gasteiger partial charge in [-0.2, -0.15) is 0 Å². The zero-order chi connectivity index (χ0) is 20.7. The minimum absolute atomic E-state index is 0.354. The molecule has 0 aliphatic carbocycles. The summed E-state index contributed by atoms with van der Waals surface area (Å²) in [5, 5.41) is 5.69. The SMILES string of the molecule is CCN(CC)c1ccc(NC(=O)Nc2cc(OC)c(OC)c(OC)c2)c(C)c1. The van der Waals surface area contributed by atoms with E-state index in [4.69, 9.17) is 14.2 Å². The molecular formula is C21H29N3O4. The molecule has 0 radical (unpaired) electrons. The van der Waals surface area contributed by atoms with Crippen LogP contribution in [0.4, 0.5) is 21.9 Å². The maximum atomic E-state index is 12.5. The number of carbonyl (C=O) groups is 1. The van der Waals surface area contributed by atoms with Gasteiger partial charge in [0, 0.05) is 36.6 Å². The first kappa shape index (κ1) is 21.2. The Morgan fingerprint density at radius 2 is 1.54 bits per heavy atom. The predicted octanol–water partition coefficient (Wildman–Crippen LogP) is 4.51. The molecular weight excluding hydrogens is 358 g/mol. The third-order valence-corrected chi connectivity index (χ3v) is 4.51. The average Bonchev–Trinajstić information content (AvgIpc) is 2.70. The van der Waals surface area contributed by atoms with Crippen molar-refractivity contribution in [1.29, 1.82) is 0 Å². The number of hydrogen-bond donors (Lipinski definition) is 2. The minimum Gasteiger partial charge on any atom is -0.493 e. The van der Waals surface area contributed by atoms with Crippen LogP contribution >= 0.6 is 0 Å². The number of nitrogens with one attached hydrogen (secondary N) is 2. The molecule has 0 fully saturated rings. The number of methoxy groups -OCH3 is 3. The van der Waals surface area contributed by atoms with Crippen LogP contribution in [-0.2, 0) is 0 Å². The Bertz CT molecular complexity index is 794. The van der Waals surface area contributed by atoms with Crippen LogP contribution in [0.25, 0.3) is 0 Å². The molecule has 0 heterocycles. The largest absolute Gasteiger partial charge is 0.493 e. The van der Waals surface area contributed by atoms with Crippen molar-refractivity contribution in [2.75, 3.05) is 50.0 Å². The maximum Gasteiger partial charge on any atom is 0.323 e. The lowest BCUT2D eigenvalue weighted by Crippen LogP contribution is -2.22. The molecule has 2 N–H and O–H groups in total. The third kappa shape index (κ3) is 4.79. The second kappa shape index (κ2) is 9.73. The Kier molecular flexibility index (Phi) is 7.37. The molecule has 0 bridgehead atoms. The van der Waals surface area contributed by atoms with Gasteiger partial charge in [-0.05, 0) is 44.5 Å². The molecule has 0 aromatic heterocycles. The van der Waals surface area contributed by atoms with Gasteiger partial charge in [0.25, 0.3) is 0 Å². The van der Waals surface area contributed by atoms with Crippen LogP contribution in [-0.4, -0.2) is 40.5 Å². The summed E-state index contributed by atoms with van der Waals surface area (Å²) in [6, 6.07) is 9.00. The van der Waals surface area contributed by atoms with E-state index in [9.17, 15) is 4.79 Å². The number of rotatable bonds is 8. The molecule has 152 valence electrons. The molecule has 2 amide bonds. The standard InChI is InChI=1S/C21H29N3O4/c1-7-24(8-2)16-9-10-17(14(3)11-16)23-21(25)22-15-12-18(26-4)20(28-6)19(13-15)27-5/h9-13H,7-8H2,1-6H3,(H2,22,23,25). The molecule has 0 unspecified atom stereocenters. The number of carbonyl (C=O) groups excluding carboxylic acids is 1. The number of amides is 2. The number of anilines is 3. The molecule has 0 saturated heterocycles. The topological polar surface area (TPSA) is 72.1 Å². The Balaban J connectivity index is 2.16. The number of ether oxygens (including phenoxy) is 3. The number of urea groups is 1. The highest BCUT2D eigenvalue weighted by atomic mass is 16.5. The quantitative estimate of drug-likeness (QED) is 0.697. The van der Waals surface area contributed by atoms with Gasteiger partial charge in [-0.25, -0.2) is 4.79 Å². The van der Waals surface area contributed by atoms with Crippen molar-refractivity contribution in [3.63, 3.8) is 0 Å². The summed E-state index contributed by atoms with van der Waals surface area (Å²) in [6.07, 6.45) is 0. The summed E-state index contributed by atoms with van der Waals surface area (Å²) in [4.78, 5) is 14.7. The molecule has 2 aromatic carbocycles. The van der Waals surface area contributed by atoms with E-state index in [-0.39, 0.29) is 6.03 Å². The second-order valence-corrected chi connectivity index (χ2v) is 6.16. The van der Waals surface area contributed by atoms with Crippen LogP contribution in [0.15, 0.2) is 30.3 Å². The Labute approximate surface area is 166 Å². The molecule has 0 saturated carbocycles. The smallest absolute Gasteiger partial charge is 0.323 e. The first-order valence-corrected chi connectivity index (χ1v) is 9.20. The number of nitrogens with zero attached hydrogens (tertiary/aromatic N) is 1. The summed E-state index contributed by atoms with van der Waals surface area (Å²) >= 11 is 0. The first-order valence-electron chi connectivity index (χ1n) is 9.20. The first-order chi connectivity index (χ1) is 13.5. The number of hydrogen-bond acceptors (Lipinski definition) is 5. The van der Waals surface area contributed by atoms with Gasteiger partial charge in [0.1, 0.15) is 0 Å². The normalized spacial score (nSPS) is 10.2. The highest BCUT2D eigenvalue weighted by molar-refractivity contribution is 6.00. The fourth-order valence-corrected chi connectivity index (χ4v) is 3.01. The highest BCUT2D eigenvalue weighted by Crippen LogP contribution is 2.40. The summed E-state index contributed by atoms with van der Waals surface area (Å²) < 4.78 is 15.9. The van der Waals surface area contributed by atoms with E-state index in [0.717, 1.165) is 30.0 Å². The van der Waals surface area contributed by atoms with Gasteiger partial charge in [-0.1, -0.05) is 0 Å². The van der Waals surface area contributed by atoms with Crippen molar-refractivity contribution in [2.45, 2.75) is 20.8 Å². The fraction of sp³-hybridized carbons (Fsp3) is 0.381. The van der Waals surface area contributed by atoms with Crippen LogP contribution in [0.1, 0.15) is 19.4 Å². The molecule has 0 aliphatic rings. The molecule has 7 nitrogen and oxygen atoms in total. The predicted molar refractivity (Wildman–Crippen MR) is 113 cm³/mol. The lowest BCUT2D eigenvalue weighted by atomic mass is 10.1. The molecule has 0 spiro atoms. The van der Waals surface area contributed by atoms with Gasteiger partial charge < -0.3 is 29.7 Å². The minimum atomic E-state index is -0.354. The van der Waals surface area contributed by atoms with Crippen molar-refractivity contribution >= 4 is 23.1 Å². The lowest BCUT2D eigenvalue weighted by molar-refractivity contribution is 0.262. The van der Waals surface area contributed by atoms with Crippen molar-refractivity contribution in [2.24, 2.45) is 0 Å². The van der Waals surface area contributed by atoms with Crippen molar-refractivity contribution < 1.29 is 19.0 Å². The Morgan fingerprint density at radius 1 is 0.929 bits per heavy atom. The number of benzene rings is 2. The van der Waals surface area contributed by atoms with E-state index in [1.54, 1.807) is 12.1 Å². The van der Waals surface area contributed by atoms with Crippen molar-refractivity contribution in [1.82, 2.24) is 0 Å². The van der Waals surface area contributed by atoms with Crippen LogP contribution in [0, 0.1) is 6.92 Å². The fourth-order valence-electron chi connectivity index (χ4n) is 3.01. The van der Waals surface area contributed by atoms with Crippen LogP contribution in [0.2, 0.25) is 0 Å². The lowest BCUT2D eigenvalue weighted by Gasteiger charge is -2.22. The van der Waals surface area contributed by atoms with Crippen LogP contribution < -0.4 is 29.7 Å². The summed E-state index contributed by atoms with van der Waals surface area (Å²) in [6.45, 7) is 8.09. The van der Waals surface area contributed by atoms with E-state index in [1.165, 1.54) is 21.3 Å². The van der Waals surface area contributed by atoms with Gasteiger partial charge >= 0.3 is 6.03 Å². The average molecular weight is 387 g/mol. The van der Waals surface area contributed by atoms with Gasteiger partial charge in [0.2, 0.25) is 5.75 Å². The Hall–Kier alpha value is -3.09. The molecule has 7 heteroatoms. The molecule has 2 rings (SSSR count). The second-order valence-electron chi connectivity index (χ2n) is 6.16. The summed E-state index contributed by atoms with van der Waals surface area (Å²) in [5.41, 5.74) is 3.41. The van der Waals surface area contributed by atoms with Crippen LogP contribution in [0.5, 0.6) is 17.2 Å². The zero-order valence-corrected chi connectivity index (χ0v) is 17.4. The van der Waals surface area contributed by atoms with E-state index in [0.29, 0.717) is 22.9 Å². The molecule has 28 heavy (non-hydrogen) atoms. The van der Waals surface area contributed by atoms with E-state index in [2.05, 4.69) is 35.4 Å². The van der Waals surface area contributed by atoms with Gasteiger partial charge in [-0.15, -0.1) is 0 Å². The maximum absolute atomic E-state index is 12.5. The van der Waals surface area contributed by atoms with E-state index < -0.39 is 0 Å². The van der Waals surface area contributed by atoms with Crippen molar-refractivity contribution in [3.05, 3.63) is 35.9 Å². The molecule has 0 aliphatic heterocycles. The number of aryl methyl sites for hydroxylation is 1. The monoisotopic (exact) mass is 387 g/mol. The summed E-state index contributed by atoms with van der Waals surface area (Å²) in [7, 11) is 4.59. The molecule has 0 atom stereocenters. The Morgan fingerprint density at radius 3 is 2.00 bits per heavy atom. The molecule has 2 aromatic rings.